The number of benzene rings is 2. The summed E-state index contributed by atoms with van der Waals surface area (Å²) in [7, 11) is 0. The van der Waals surface area contributed by atoms with Gasteiger partial charge in [0.25, 0.3) is 5.91 Å². The van der Waals surface area contributed by atoms with Crippen molar-refractivity contribution < 1.29 is 24.2 Å². The van der Waals surface area contributed by atoms with Gasteiger partial charge in [-0.2, -0.15) is 0 Å². The van der Waals surface area contributed by atoms with Crippen molar-refractivity contribution in [3.05, 3.63) is 84.5 Å². The van der Waals surface area contributed by atoms with Crippen LogP contribution >= 0.6 is 0 Å². The Morgan fingerprint density at radius 1 is 0.848 bits per heavy atom. The zero-order chi connectivity index (χ0) is 32.5. The molecule has 4 heterocycles. The fraction of sp³-hybridized carbons (Fsp3) is 0.486. The van der Waals surface area contributed by atoms with E-state index >= 15 is 0 Å². The molecule has 0 saturated carbocycles. The first kappa shape index (κ1) is 32.0. The van der Waals surface area contributed by atoms with E-state index in [9.17, 15) is 19.5 Å². The van der Waals surface area contributed by atoms with E-state index in [1.54, 1.807) is 14.7 Å². The maximum absolute atomic E-state index is 14.8. The number of aliphatic hydroxyl groups is 1. The molecular weight excluding hydrogens is 580 g/mol. The molecule has 9 heteroatoms. The summed E-state index contributed by atoms with van der Waals surface area (Å²) in [4.78, 5) is 51.4. The standard InChI is InChI=1S/C37H46N4O5/c1-4-36-20-12-22-39(26-27-14-8-7-9-15-27)33(43)30(36)31-34(44)41(23-10-11-25-42)32-35(45)40(24-13-21-37(31,32)46-36)29-18-16-28(17-19-29)38(5-2)6-3/h7-9,12-21,30-32,42H,4-6,10-11,22-26H2,1-3H3/t30-,31-,32?,36+,37-/m0/s1. The van der Waals surface area contributed by atoms with Crippen LogP contribution in [0.4, 0.5) is 11.4 Å². The topological polar surface area (TPSA) is 93.6 Å². The normalized spacial score (nSPS) is 28.7. The van der Waals surface area contributed by atoms with E-state index in [4.69, 9.17) is 4.74 Å². The third kappa shape index (κ3) is 5.23. The Morgan fingerprint density at radius 2 is 1.57 bits per heavy atom. The predicted octanol–water partition coefficient (Wildman–Crippen LogP) is 4.17. The number of carbonyl (C=O) groups excluding carboxylic acids is 3. The third-order valence-corrected chi connectivity index (χ3v) is 10.3. The first-order valence-electron chi connectivity index (χ1n) is 16.8. The van der Waals surface area contributed by atoms with E-state index in [0.717, 1.165) is 30.0 Å². The second-order valence-corrected chi connectivity index (χ2v) is 12.7. The van der Waals surface area contributed by atoms with E-state index < -0.39 is 29.1 Å². The Balaban J connectivity index is 1.40. The highest BCUT2D eigenvalue weighted by Crippen LogP contribution is 2.58. The van der Waals surface area contributed by atoms with Crippen molar-refractivity contribution in [1.82, 2.24) is 9.80 Å². The Morgan fingerprint density at radius 3 is 2.24 bits per heavy atom. The molecule has 3 amide bonds. The second-order valence-electron chi connectivity index (χ2n) is 12.7. The van der Waals surface area contributed by atoms with Crippen LogP contribution in [-0.4, -0.2) is 89.2 Å². The smallest absolute Gasteiger partial charge is 0.253 e. The molecule has 1 unspecified atom stereocenters. The van der Waals surface area contributed by atoms with E-state index in [1.165, 1.54) is 0 Å². The van der Waals surface area contributed by atoms with Crippen LogP contribution in [0, 0.1) is 11.8 Å². The first-order chi connectivity index (χ1) is 22.3. The largest absolute Gasteiger partial charge is 0.396 e. The molecule has 0 aromatic heterocycles. The number of rotatable bonds is 11. The first-order valence-corrected chi connectivity index (χ1v) is 16.8. The minimum absolute atomic E-state index is 0.00404. The summed E-state index contributed by atoms with van der Waals surface area (Å²) in [6.07, 6.45) is 9.31. The summed E-state index contributed by atoms with van der Waals surface area (Å²) in [5.41, 5.74) is 0.509. The van der Waals surface area contributed by atoms with E-state index in [-0.39, 0.29) is 24.3 Å². The van der Waals surface area contributed by atoms with Crippen LogP contribution in [0.3, 0.4) is 0 Å². The molecule has 6 rings (SSSR count). The fourth-order valence-electron chi connectivity index (χ4n) is 8.05. The molecule has 2 aromatic rings. The monoisotopic (exact) mass is 626 g/mol. The molecule has 9 nitrogen and oxygen atoms in total. The average Bonchev–Trinajstić information content (AvgIpc) is 3.36. The number of hydrogen-bond donors (Lipinski definition) is 1. The molecule has 1 spiro atoms. The highest BCUT2D eigenvalue weighted by Gasteiger charge is 2.75. The number of anilines is 2. The summed E-state index contributed by atoms with van der Waals surface area (Å²) in [5, 5.41) is 9.54. The number of unbranched alkanes of at least 4 members (excludes halogenated alkanes) is 1. The lowest BCUT2D eigenvalue weighted by Crippen LogP contribution is -2.56. The van der Waals surface area contributed by atoms with Gasteiger partial charge in [-0.15, -0.1) is 0 Å². The highest BCUT2D eigenvalue weighted by atomic mass is 16.5. The van der Waals surface area contributed by atoms with E-state index in [2.05, 4.69) is 18.7 Å². The number of amides is 3. The number of carbonyl (C=O) groups is 3. The van der Waals surface area contributed by atoms with Gasteiger partial charge in [-0.3, -0.25) is 14.4 Å². The number of nitrogens with zero attached hydrogens (tertiary/aromatic N) is 4. The van der Waals surface area contributed by atoms with Crippen molar-refractivity contribution in [2.45, 2.75) is 63.8 Å². The minimum atomic E-state index is -1.31. The van der Waals surface area contributed by atoms with Gasteiger partial charge in [-0.25, -0.2) is 0 Å². The second kappa shape index (κ2) is 13.0. The highest BCUT2D eigenvalue weighted by molar-refractivity contribution is 6.06. The van der Waals surface area contributed by atoms with Gasteiger partial charge < -0.3 is 29.4 Å². The van der Waals surface area contributed by atoms with Gasteiger partial charge in [0, 0.05) is 57.3 Å². The zero-order valence-corrected chi connectivity index (χ0v) is 27.2. The molecule has 2 aromatic carbocycles. The van der Waals surface area contributed by atoms with Crippen molar-refractivity contribution in [1.29, 1.82) is 0 Å². The van der Waals surface area contributed by atoms with E-state index in [1.807, 2.05) is 85.8 Å². The van der Waals surface area contributed by atoms with Crippen LogP contribution in [0.25, 0.3) is 0 Å². The number of likely N-dealkylation sites (tertiary alicyclic amines) is 1. The molecule has 5 atom stereocenters. The van der Waals surface area contributed by atoms with E-state index in [0.29, 0.717) is 45.4 Å². The van der Waals surface area contributed by atoms with Gasteiger partial charge in [-0.05, 0) is 62.9 Å². The van der Waals surface area contributed by atoms with Gasteiger partial charge >= 0.3 is 0 Å². The summed E-state index contributed by atoms with van der Waals surface area (Å²) in [6, 6.07) is 16.9. The molecule has 4 aliphatic rings. The van der Waals surface area contributed by atoms with Crippen molar-refractivity contribution in [3.8, 4) is 0 Å². The number of aliphatic hydroxyl groups excluding tert-OH is 1. The Kier molecular flexibility index (Phi) is 9.08. The lowest BCUT2D eigenvalue weighted by atomic mass is 9.73. The maximum atomic E-state index is 14.8. The zero-order valence-electron chi connectivity index (χ0n) is 27.2. The Labute approximate surface area is 272 Å². The van der Waals surface area contributed by atoms with Crippen LogP contribution in [0.1, 0.15) is 45.6 Å². The Hall–Kier alpha value is -3.95. The van der Waals surface area contributed by atoms with Gasteiger partial charge in [0.15, 0.2) is 0 Å². The Bertz CT molecular complexity index is 1490. The molecule has 1 N–H and O–H groups in total. The summed E-state index contributed by atoms with van der Waals surface area (Å²) < 4.78 is 7.10. The summed E-state index contributed by atoms with van der Waals surface area (Å²) in [6.45, 7) is 9.43. The van der Waals surface area contributed by atoms with Crippen molar-refractivity contribution >= 4 is 29.1 Å². The molecule has 2 fully saturated rings. The van der Waals surface area contributed by atoms with Gasteiger partial charge in [0.05, 0.1) is 17.4 Å². The van der Waals surface area contributed by atoms with Gasteiger partial charge in [-0.1, -0.05) is 61.6 Å². The quantitative estimate of drug-likeness (QED) is 0.298. The molecule has 46 heavy (non-hydrogen) atoms. The maximum Gasteiger partial charge on any atom is 0.253 e. The summed E-state index contributed by atoms with van der Waals surface area (Å²) >= 11 is 0. The molecule has 0 bridgehead atoms. The van der Waals surface area contributed by atoms with Gasteiger partial charge in [0.1, 0.15) is 11.6 Å². The van der Waals surface area contributed by atoms with Crippen LogP contribution in [0.5, 0.6) is 0 Å². The van der Waals surface area contributed by atoms with Crippen molar-refractivity contribution in [2.24, 2.45) is 11.8 Å². The fourth-order valence-corrected chi connectivity index (χ4v) is 8.05. The number of hydrogen-bond acceptors (Lipinski definition) is 6. The van der Waals surface area contributed by atoms with Crippen molar-refractivity contribution in [2.75, 3.05) is 49.1 Å². The molecular formula is C37H46N4O5. The predicted molar refractivity (Wildman–Crippen MR) is 178 cm³/mol. The molecule has 244 valence electrons. The van der Waals surface area contributed by atoms with Gasteiger partial charge in [0.2, 0.25) is 11.8 Å². The van der Waals surface area contributed by atoms with Crippen LogP contribution in [0.15, 0.2) is 78.9 Å². The molecule has 0 radical (unpaired) electrons. The molecule has 2 saturated heterocycles. The molecule has 0 aliphatic carbocycles. The van der Waals surface area contributed by atoms with Crippen molar-refractivity contribution in [3.63, 3.8) is 0 Å². The summed E-state index contributed by atoms with van der Waals surface area (Å²) in [5.74, 6) is -2.22. The lowest BCUT2D eigenvalue weighted by Gasteiger charge is -2.38. The van der Waals surface area contributed by atoms with Crippen LogP contribution in [-0.2, 0) is 25.7 Å². The van der Waals surface area contributed by atoms with Crippen LogP contribution in [0.2, 0.25) is 0 Å². The minimum Gasteiger partial charge on any atom is -0.396 e. The lowest BCUT2D eigenvalue weighted by molar-refractivity contribution is -0.150. The van der Waals surface area contributed by atoms with Crippen LogP contribution < -0.4 is 9.80 Å². The SMILES string of the molecule is CCN(CC)c1ccc(N2CC=C[C@]34O[C@]5(CC)C=CCN(Cc6ccccc6)C(=O)[C@@H]5[C@H]3C(=O)N(CCCCO)C4C2=O)cc1. The number of fused-ring (bicyclic) bond motifs is 2. The number of ether oxygens (including phenoxy) is 1. The third-order valence-electron chi connectivity index (χ3n) is 10.3. The average molecular weight is 627 g/mol. The molecule has 4 aliphatic heterocycles.